The van der Waals surface area contributed by atoms with Gasteiger partial charge < -0.3 is 19.6 Å². The van der Waals surface area contributed by atoms with E-state index >= 15 is 0 Å². The number of benzene rings is 1. The standard InChI is InChI=1S/C11H11NO4/c1-15-8-4-3-6-7(13)5-9(14)12-10(6)11(8)16-2/h3-5H,1-2H3,(H2,12,13,14). The number of nitrogens with one attached hydrogen (secondary N) is 1. The molecule has 2 aromatic rings. The van der Waals surface area contributed by atoms with Crippen LogP contribution in [-0.4, -0.2) is 24.3 Å². The Bertz CT molecular complexity index is 588. The van der Waals surface area contributed by atoms with Crippen molar-refractivity contribution in [1.29, 1.82) is 0 Å². The zero-order valence-corrected chi connectivity index (χ0v) is 8.90. The van der Waals surface area contributed by atoms with Crippen LogP contribution in [0.25, 0.3) is 10.9 Å². The van der Waals surface area contributed by atoms with Crippen molar-refractivity contribution in [2.24, 2.45) is 0 Å². The first-order valence-electron chi connectivity index (χ1n) is 4.64. The minimum Gasteiger partial charge on any atom is -0.507 e. The van der Waals surface area contributed by atoms with Crippen molar-refractivity contribution in [3.63, 3.8) is 0 Å². The number of fused-ring (bicyclic) bond motifs is 1. The number of hydrogen-bond donors (Lipinski definition) is 2. The average Bonchev–Trinajstić information content (AvgIpc) is 2.27. The summed E-state index contributed by atoms with van der Waals surface area (Å²) in [5, 5.41) is 10.1. The van der Waals surface area contributed by atoms with Crippen LogP contribution < -0.4 is 15.0 Å². The number of aromatic nitrogens is 1. The van der Waals surface area contributed by atoms with Crippen LogP contribution >= 0.6 is 0 Å². The zero-order chi connectivity index (χ0) is 11.7. The van der Waals surface area contributed by atoms with Gasteiger partial charge in [-0.25, -0.2) is 0 Å². The predicted molar refractivity (Wildman–Crippen MR) is 59.3 cm³/mol. The first-order chi connectivity index (χ1) is 7.67. The summed E-state index contributed by atoms with van der Waals surface area (Å²) in [5.41, 5.74) is 0.0309. The minimum atomic E-state index is -0.392. The lowest BCUT2D eigenvalue weighted by Crippen LogP contribution is -2.04. The van der Waals surface area contributed by atoms with Crippen molar-refractivity contribution in [2.75, 3.05) is 14.2 Å². The fourth-order valence-electron chi connectivity index (χ4n) is 1.63. The Kier molecular flexibility index (Phi) is 2.44. The Morgan fingerprint density at radius 3 is 2.62 bits per heavy atom. The molecular weight excluding hydrogens is 210 g/mol. The Hall–Kier alpha value is -2.17. The van der Waals surface area contributed by atoms with Crippen molar-refractivity contribution < 1.29 is 14.6 Å². The summed E-state index contributed by atoms with van der Waals surface area (Å²) in [4.78, 5) is 13.9. The van der Waals surface area contributed by atoms with Gasteiger partial charge >= 0.3 is 0 Å². The summed E-state index contributed by atoms with van der Waals surface area (Å²) in [7, 11) is 2.98. The monoisotopic (exact) mass is 221 g/mol. The van der Waals surface area contributed by atoms with Crippen LogP contribution in [0.1, 0.15) is 0 Å². The van der Waals surface area contributed by atoms with Crippen molar-refractivity contribution in [3.05, 3.63) is 28.6 Å². The molecular formula is C11H11NO4. The molecule has 5 heteroatoms. The lowest BCUT2D eigenvalue weighted by Gasteiger charge is -2.10. The maximum absolute atomic E-state index is 11.3. The summed E-state index contributed by atoms with van der Waals surface area (Å²) in [6.45, 7) is 0. The number of ether oxygens (including phenoxy) is 2. The van der Waals surface area contributed by atoms with Crippen LogP contribution in [0.2, 0.25) is 0 Å². The number of aromatic hydroxyl groups is 1. The van der Waals surface area contributed by atoms with E-state index in [1.165, 1.54) is 14.2 Å². The Labute approximate surface area is 91.2 Å². The molecule has 0 unspecified atom stereocenters. The summed E-state index contributed by atoms with van der Waals surface area (Å²) in [6, 6.07) is 4.44. The summed E-state index contributed by atoms with van der Waals surface area (Å²) in [5.74, 6) is 0.809. The van der Waals surface area contributed by atoms with Gasteiger partial charge in [-0.05, 0) is 12.1 Å². The quantitative estimate of drug-likeness (QED) is 0.800. The summed E-state index contributed by atoms with van der Waals surface area (Å²) < 4.78 is 10.2. The van der Waals surface area contributed by atoms with E-state index in [9.17, 15) is 9.90 Å². The first-order valence-corrected chi connectivity index (χ1v) is 4.64. The number of methoxy groups -OCH3 is 2. The molecule has 0 aliphatic rings. The van der Waals surface area contributed by atoms with Gasteiger partial charge in [-0.2, -0.15) is 0 Å². The van der Waals surface area contributed by atoms with Crippen LogP contribution in [0.5, 0.6) is 17.2 Å². The molecule has 0 atom stereocenters. The predicted octanol–water partition coefficient (Wildman–Crippen LogP) is 1.25. The second kappa shape index (κ2) is 3.77. The number of H-pyrrole nitrogens is 1. The van der Waals surface area contributed by atoms with E-state index < -0.39 is 5.56 Å². The molecule has 0 saturated heterocycles. The van der Waals surface area contributed by atoms with E-state index in [1.54, 1.807) is 12.1 Å². The van der Waals surface area contributed by atoms with Gasteiger partial charge in [0.15, 0.2) is 11.5 Å². The molecule has 0 radical (unpaired) electrons. The minimum absolute atomic E-state index is 0.0836. The molecule has 1 heterocycles. The van der Waals surface area contributed by atoms with Gasteiger partial charge in [0.2, 0.25) is 0 Å². The number of hydrogen-bond acceptors (Lipinski definition) is 4. The van der Waals surface area contributed by atoms with Crippen molar-refractivity contribution in [1.82, 2.24) is 4.98 Å². The Balaban J connectivity index is 2.91. The third-order valence-electron chi connectivity index (χ3n) is 2.34. The van der Waals surface area contributed by atoms with Gasteiger partial charge in [-0.3, -0.25) is 4.79 Å². The number of rotatable bonds is 2. The largest absolute Gasteiger partial charge is 0.507 e. The normalized spacial score (nSPS) is 10.4. The van der Waals surface area contributed by atoms with Gasteiger partial charge in [0.25, 0.3) is 5.56 Å². The topological polar surface area (TPSA) is 71.5 Å². The number of pyridine rings is 1. The number of aromatic amines is 1. The van der Waals surface area contributed by atoms with Crippen LogP contribution in [0.4, 0.5) is 0 Å². The van der Waals surface area contributed by atoms with Crippen LogP contribution in [0.15, 0.2) is 23.0 Å². The molecule has 0 saturated carbocycles. The highest BCUT2D eigenvalue weighted by atomic mass is 16.5. The highest BCUT2D eigenvalue weighted by molar-refractivity contribution is 5.91. The van der Waals surface area contributed by atoms with E-state index in [0.29, 0.717) is 22.4 Å². The molecule has 1 aromatic carbocycles. The molecule has 0 aliphatic heterocycles. The molecule has 2 rings (SSSR count). The maximum atomic E-state index is 11.3. The van der Waals surface area contributed by atoms with Gasteiger partial charge in [0.05, 0.1) is 19.7 Å². The molecule has 0 aliphatic carbocycles. The van der Waals surface area contributed by atoms with E-state index in [0.717, 1.165) is 6.07 Å². The molecule has 0 bridgehead atoms. The van der Waals surface area contributed by atoms with Crippen molar-refractivity contribution in [2.45, 2.75) is 0 Å². The fraction of sp³-hybridized carbons (Fsp3) is 0.182. The summed E-state index contributed by atoms with van der Waals surface area (Å²) >= 11 is 0. The lowest BCUT2D eigenvalue weighted by atomic mass is 10.2. The third-order valence-corrected chi connectivity index (χ3v) is 2.34. The molecule has 0 fully saturated rings. The Morgan fingerprint density at radius 2 is 2.00 bits per heavy atom. The van der Waals surface area contributed by atoms with E-state index in [2.05, 4.69) is 4.98 Å². The SMILES string of the molecule is COc1ccc2c(O)cc(=O)[nH]c2c1OC. The zero-order valence-electron chi connectivity index (χ0n) is 8.90. The molecule has 84 valence electrons. The van der Waals surface area contributed by atoms with Crippen LogP contribution in [0.3, 0.4) is 0 Å². The van der Waals surface area contributed by atoms with Gasteiger partial charge in [0.1, 0.15) is 5.75 Å². The van der Waals surface area contributed by atoms with Gasteiger partial charge in [-0.15, -0.1) is 0 Å². The fourth-order valence-corrected chi connectivity index (χ4v) is 1.63. The van der Waals surface area contributed by atoms with E-state index in [4.69, 9.17) is 9.47 Å². The molecule has 5 nitrogen and oxygen atoms in total. The summed E-state index contributed by atoms with van der Waals surface area (Å²) in [6.07, 6.45) is 0. The molecule has 0 amide bonds. The van der Waals surface area contributed by atoms with E-state index in [1.807, 2.05) is 0 Å². The van der Waals surface area contributed by atoms with E-state index in [-0.39, 0.29) is 5.75 Å². The van der Waals surface area contributed by atoms with Crippen LogP contribution in [-0.2, 0) is 0 Å². The highest BCUT2D eigenvalue weighted by Gasteiger charge is 2.12. The maximum Gasteiger partial charge on any atom is 0.252 e. The second-order valence-corrected chi connectivity index (χ2v) is 3.24. The third kappa shape index (κ3) is 1.46. The average molecular weight is 221 g/mol. The lowest BCUT2D eigenvalue weighted by molar-refractivity contribution is 0.358. The van der Waals surface area contributed by atoms with Gasteiger partial charge in [0, 0.05) is 11.5 Å². The smallest absolute Gasteiger partial charge is 0.252 e. The highest BCUT2D eigenvalue weighted by Crippen LogP contribution is 2.36. The van der Waals surface area contributed by atoms with Gasteiger partial charge in [-0.1, -0.05) is 0 Å². The molecule has 1 aromatic heterocycles. The van der Waals surface area contributed by atoms with Crippen molar-refractivity contribution in [3.8, 4) is 17.2 Å². The Morgan fingerprint density at radius 1 is 1.25 bits per heavy atom. The first kappa shape index (κ1) is 10.4. The van der Waals surface area contributed by atoms with Crippen molar-refractivity contribution >= 4 is 10.9 Å². The van der Waals surface area contributed by atoms with Crippen LogP contribution in [0, 0.1) is 0 Å². The molecule has 16 heavy (non-hydrogen) atoms. The second-order valence-electron chi connectivity index (χ2n) is 3.24. The molecule has 2 N–H and O–H groups in total. The molecule has 0 spiro atoms.